The van der Waals surface area contributed by atoms with E-state index in [-0.39, 0.29) is 6.41 Å². The number of hydrogen-bond donors (Lipinski definition) is 2. The van der Waals surface area contributed by atoms with Crippen molar-refractivity contribution in [3.8, 4) is 0 Å². The SMILES string of the molecule is NC=O.c1nc[nH]n1. The molecule has 0 radical (unpaired) electrons. The van der Waals surface area contributed by atoms with Crippen LogP contribution in [0.25, 0.3) is 0 Å². The second kappa shape index (κ2) is 5.61. The van der Waals surface area contributed by atoms with Gasteiger partial charge in [-0.05, 0) is 0 Å². The van der Waals surface area contributed by atoms with E-state index in [9.17, 15) is 0 Å². The van der Waals surface area contributed by atoms with Crippen LogP contribution in [0.4, 0.5) is 0 Å². The smallest absolute Gasteiger partial charge is 0.204 e. The van der Waals surface area contributed by atoms with Crippen LogP contribution >= 0.6 is 0 Å². The summed E-state index contributed by atoms with van der Waals surface area (Å²) in [6, 6.07) is 0. The molecule has 0 atom stereocenters. The van der Waals surface area contributed by atoms with Gasteiger partial charge in [-0.25, -0.2) is 4.98 Å². The third-order valence-electron chi connectivity index (χ3n) is 0.331. The van der Waals surface area contributed by atoms with Crippen LogP contribution < -0.4 is 5.73 Å². The number of aromatic nitrogens is 3. The van der Waals surface area contributed by atoms with Crippen LogP contribution in [-0.4, -0.2) is 21.6 Å². The average Bonchev–Trinajstić information content (AvgIpc) is 2.17. The van der Waals surface area contributed by atoms with E-state index in [0.29, 0.717) is 0 Å². The zero-order valence-electron chi connectivity index (χ0n) is 4.11. The van der Waals surface area contributed by atoms with Crippen LogP contribution in [0.3, 0.4) is 0 Å². The highest BCUT2D eigenvalue weighted by Gasteiger charge is 1.57. The molecule has 5 nitrogen and oxygen atoms in total. The molecule has 0 aliphatic heterocycles. The molecule has 1 aromatic heterocycles. The second-order valence-electron chi connectivity index (χ2n) is 0.788. The topological polar surface area (TPSA) is 84.7 Å². The molecule has 0 bridgehead atoms. The molecule has 3 N–H and O–H groups in total. The van der Waals surface area contributed by atoms with Crippen molar-refractivity contribution in [1.82, 2.24) is 15.2 Å². The lowest BCUT2D eigenvalue weighted by Crippen LogP contribution is -1.82. The van der Waals surface area contributed by atoms with Gasteiger partial charge in [-0.15, -0.1) is 0 Å². The summed E-state index contributed by atoms with van der Waals surface area (Å²) in [7, 11) is 0. The maximum Gasteiger partial charge on any atom is 0.204 e. The number of carbonyl (C=O) groups excluding carboxylic acids is 1. The van der Waals surface area contributed by atoms with Gasteiger partial charge in [0.1, 0.15) is 12.7 Å². The Balaban J connectivity index is 0.000000145. The van der Waals surface area contributed by atoms with Crippen molar-refractivity contribution in [3.63, 3.8) is 0 Å². The first-order valence-corrected chi connectivity index (χ1v) is 1.86. The van der Waals surface area contributed by atoms with Crippen molar-refractivity contribution in [2.45, 2.75) is 0 Å². The summed E-state index contributed by atoms with van der Waals surface area (Å²) in [6.07, 6.45) is 3.21. The Kier molecular flexibility index (Phi) is 4.64. The minimum atomic E-state index is 0.250. The molecule has 0 aliphatic rings. The lowest BCUT2D eigenvalue weighted by molar-refractivity contribution is -0.106. The summed E-state index contributed by atoms with van der Waals surface area (Å²) in [4.78, 5) is 12.1. The first-order chi connectivity index (χ1) is 3.91. The monoisotopic (exact) mass is 114 g/mol. The van der Waals surface area contributed by atoms with Crippen LogP contribution in [0.5, 0.6) is 0 Å². The largest absolute Gasteiger partial charge is 0.372 e. The van der Waals surface area contributed by atoms with E-state index >= 15 is 0 Å². The Morgan fingerprint density at radius 2 is 2.38 bits per heavy atom. The first-order valence-electron chi connectivity index (χ1n) is 1.86. The molecule has 1 heterocycles. The lowest BCUT2D eigenvalue weighted by Gasteiger charge is -1.46. The molecule has 0 spiro atoms. The lowest BCUT2D eigenvalue weighted by atomic mass is 11.3. The fourth-order valence-corrected chi connectivity index (χ4v) is 0.167. The van der Waals surface area contributed by atoms with E-state index in [0.717, 1.165) is 0 Å². The molecule has 5 heteroatoms. The quantitative estimate of drug-likeness (QED) is 0.420. The van der Waals surface area contributed by atoms with Gasteiger partial charge in [0.15, 0.2) is 0 Å². The average molecular weight is 114 g/mol. The van der Waals surface area contributed by atoms with Crippen LogP contribution in [-0.2, 0) is 4.79 Å². The fraction of sp³-hybridized carbons (Fsp3) is 0. The van der Waals surface area contributed by atoms with Gasteiger partial charge in [0.2, 0.25) is 6.41 Å². The number of rotatable bonds is 0. The predicted octanol–water partition coefficient (Wildman–Crippen LogP) is -1.09. The summed E-state index contributed by atoms with van der Waals surface area (Å²) < 4.78 is 0. The molecule has 0 saturated carbocycles. The Labute approximate surface area is 45.9 Å². The molecule has 1 amide bonds. The number of carbonyl (C=O) groups is 1. The van der Waals surface area contributed by atoms with Crippen molar-refractivity contribution in [2.75, 3.05) is 0 Å². The molecule has 0 fully saturated rings. The number of nitrogens with two attached hydrogens (primary N) is 1. The number of nitrogens with one attached hydrogen (secondary N) is 1. The molecule has 1 aromatic rings. The van der Waals surface area contributed by atoms with Gasteiger partial charge in [-0.3, -0.25) is 9.89 Å². The molecule has 1 rings (SSSR count). The normalized spacial score (nSPS) is 6.50. The Hall–Kier alpha value is -1.39. The third kappa shape index (κ3) is 4.61. The summed E-state index contributed by atoms with van der Waals surface area (Å²) in [5.41, 5.74) is 4.17. The highest BCUT2D eigenvalue weighted by molar-refractivity contribution is 5.42. The van der Waals surface area contributed by atoms with E-state index in [1.165, 1.54) is 12.7 Å². The molecule has 0 aromatic carbocycles. The van der Waals surface area contributed by atoms with Crippen LogP contribution in [0, 0.1) is 0 Å². The Bertz CT molecular complexity index is 97.6. The van der Waals surface area contributed by atoms with Crippen molar-refractivity contribution >= 4 is 6.41 Å². The van der Waals surface area contributed by atoms with Crippen molar-refractivity contribution in [2.24, 2.45) is 5.73 Å². The number of amides is 1. The van der Waals surface area contributed by atoms with Gasteiger partial charge in [0.05, 0.1) is 0 Å². The van der Waals surface area contributed by atoms with Gasteiger partial charge in [-0.1, -0.05) is 0 Å². The van der Waals surface area contributed by atoms with E-state index in [1.807, 2.05) is 0 Å². The number of H-pyrrole nitrogens is 1. The summed E-state index contributed by atoms with van der Waals surface area (Å²) in [6.45, 7) is 0. The molecular weight excluding hydrogens is 108 g/mol. The molecule has 44 valence electrons. The van der Waals surface area contributed by atoms with E-state index in [1.54, 1.807) is 0 Å². The minimum Gasteiger partial charge on any atom is -0.372 e. The molecule has 8 heavy (non-hydrogen) atoms. The van der Waals surface area contributed by atoms with Crippen molar-refractivity contribution in [3.05, 3.63) is 12.7 Å². The highest BCUT2D eigenvalue weighted by Crippen LogP contribution is 1.53. The van der Waals surface area contributed by atoms with Crippen LogP contribution in [0.15, 0.2) is 12.7 Å². The maximum atomic E-state index is 8.58. The number of aromatic amines is 1. The Morgan fingerprint density at radius 1 is 1.75 bits per heavy atom. The van der Waals surface area contributed by atoms with Crippen molar-refractivity contribution < 1.29 is 4.79 Å². The standard InChI is InChI=1S/C2H3N3.CH3NO/c1-3-2-5-4-1;2-1-3/h1-2H,(H,3,4,5);1H,(H2,2,3). The summed E-state index contributed by atoms with van der Waals surface area (Å²) >= 11 is 0. The maximum absolute atomic E-state index is 8.58. The fourth-order valence-electron chi connectivity index (χ4n) is 0.167. The van der Waals surface area contributed by atoms with E-state index in [4.69, 9.17) is 4.79 Å². The van der Waals surface area contributed by atoms with E-state index < -0.39 is 0 Å². The summed E-state index contributed by atoms with van der Waals surface area (Å²) in [5.74, 6) is 0. The molecule has 0 saturated heterocycles. The van der Waals surface area contributed by atoms with Gasteiger partial charge in [0.25, 0.3) is 0 Å². The molecular formula is C3H6N4O. The van der Waals surface area contributed by atoms with E-state index in [2.05, 4.69) is 20.9 Å². The van der Waals surface area contributed by atoms with Crippen molar-refractivity contribution in [1.29, 1.82) is 0 Å². The molecule has 0 unspecified atom stereocenters. The second-order valence-corrected chi connectivity index (χ2v) is 0.788. The predicted molar refractivity (Wildman–Crippen MR) is 26.6 cm³/mol. The summed E-state index contributed by atoms with van der Waals surface area (Å²) in [5, 5.41) is 5.99. The zero-order chi connectivity index (χ0) is 6.24. The third-order valence-corrected chi connectivity index (χ3v) is 0.331. The van der Waals surface area contributed by atoms with Gasteiger partial charge < -0.3 is 5.73 Å². The number of hydrogen-bond acceptors (Lipinski definition) is 3. The minimum absolute atomic E-state index is 0.250. The van der Waals surface area contributed by atoms with Gasteiger partial charge in [-0.2, -0.15) is 5.10 Å². The highest BCUT2D eigenvalue weighted by atomic mass is 16.1. The molecule has 0 aliphatic carbocycles. The van der Waals surface area contributed by atoms with Crippen LogP contribution in [0.2, 0.25) is 0 Å². The van der Waals surface area contributed by atoms with Gasteiger partial charge in [0, 0.05) is 0 Å². The van der Waals surface area contributed by atoms with Crippen LogP contribution in [0.1, 0.15) is 0 Å². The van der Waals surface area contributed by atoms with Gasteiger partial charge >= 0.3 is 0 Å². The number of primary amides is 1. The first kappa shape index (κ1) is 6.61. The number of nitrogens with zero attached hydrogens (tertiary/aromatic N) is 2. The Morgan fingerprint density at radius 3 is 2.50 bits per heavy atom. The zero-order valence-corrected chi connectivity index (χ0v) is 4.11.